The molecule has 5 rings (SSSR count). The molecule has 0 radical (unpaired) electrons. The van der Waals surface area contributed by atoms with Crippen molar-refractivity contribution in [1.82, 2.24) is 0 Å². The van der Waals surface area contributed by atoms with Crippen molar-refractivity contribution in [2.24, 2.45) is 17.3 Å². The lowest BCUT2D eigenvalue weighted by atomic mass is 9.47. The molecule has 1 saturated carbocycles. The maximum absolute atomic E-state index is 12.6. The Kier molecular flexibility index (Phi) is 1.54. The van der Waals surface area contributed by atoms with Gasteiger partial charge in [0.15, 0.2) is 5.78 Å². The molecule has 1 aromatic rings. The average molecular weight is 224 g/mol. The van der Waals surface area contributed by atoms with Crippen molar-refractivity contribution in [2.45, 2.75) is 26.7 Å². The van der Waals surface area contributed by atoms with E-state index < -0.39 is 0 Å². The molecule has 86 valence electrons. The second-order valence-corrected chi connectivity index (χ2v) is 6.26. The van der Waals surface area contributed by atoms with E-state index in [-0.39, 0.29) is 11.3 Å². The second kappa shape index (κ2) is 2.72. The average Bonchev–Trinajstić information content (AvgIpc) is 2.67. The van der Waals surface area contributed by atoms with E-state index in [4.69, 9.17) is 0 Å². The zero-order chi connectivity index (χ0) is 11.8. The molecule has 1 heteroatoms. The summed E-state index contributed by atoms with van der Waals surface area (Å²) < 4.78 is 0. The van der Waals surface area contributed by atoms with Gasteiger partial charge in [-0.05, 0) is 35.3 Å². The van der Waals surface area contributed by atoms with Crippen LogP contribution < -0.4 is 0 Å². The topological polar surface area (TPSA) is 17.1 Å². The van der Waals surface area contributed by atoms with Crippen molar-refractivity contribution in [2.75, 3.05) is 0 Å². The first-order valence-corrected chi connectivity index (χ1v) is 6.46. The smallest absolute Gasteiger partial charge is 0.167 e. The number of allylic oxidation sites excluding steroid dienone is 2. The summed E-state index contributed by atoms with van der Waals surface area (Å²) in [5, 5.41) is 0. The van der Waals surface area contributed by atoms with Crippen LogP contribution in [0.4, 0.5) is 0 Å². The van der Waals surface area contributed by atoms with Crippen molar-refractivity contribution < 1.29 is 4.79 Å². The molecular weight excluding hydrogens is 208 g/mol. The molecule has 2 atom stereocenters. The van der Waals surface area contributed by atoms with E-state index in [2.05, 4.69) is 32.0 Å². The minimum Gasteiger partial charge on any atom is -0.294 e. The third kappa shape index (κ3) is 0.947. The molecule has 0 aromatic heterocycles. The summed E-state index contributed by atoms with van der Waals surface area (Å²) in [6.07, 6.45) is 2.11. The Bertz CT molecular complexity index is 577. The van der Waals surface area contributed by atoms with Crippen molar-refractivity contribution in [3.8, 4) is 0 Å². The van der Waals surface area contributed by atoms with Gasteiger partial charge in [0.25, 0.3) is 0 Å². The van der Waals surface area contributed by atoms with Gasteiger partial charge in [0, 0.05) is 11.5 Å². The normalized spacial score (nSPS) is 32.0. The molecule has 0 amide bonds. The molecular formula is C16H16O. The summed E-state index contributed by atoms with van der Waals surface area (Å²) in [6.45, 7) is 4.52. The van der Waals surface area contributed by atoms with Gasteiger partial charge in [-0.1, -0.05) is 43.7 Å². The Morgan fingerprint density at radius 3 is 2.71 bits per heavy atom. The van der Waals surface area contributed by atoms with Crippen molar-refractivity contribution in [3.05, 3.63) is 41.0 Å². The lowest BCUT2D eigenvalue weighted by Crippen LogP contribution is -2.53. The largest absolute Gasteiger partial charge is 0.294 e. The Morgan fingerprint density at radius 1 is 1.18 bits per heavy atom. The number of carbonyl (C=O) groups is 1. The van der Waals surface area contributed by atoms with Gasteiger partial charge >= 0.3 is 0 Å². The van der Waals surface area contributed by atoms with Gasteiger partial charge in [-0.25, -0.2) is 0 Å². The van der Waals surface area contributed by atoms with Crippen LogP contribution in [0.3, 0.4) is 0 Å². The minimum absolute atomic E-state index is 0.206. The minimum atomic E-state index is 0.206. The molecule has 2 bridgehead atoms. The summed E-state index contributed by atoms with van der Waals surface area (Å²) in [4.78, 5) is 12.6. The molecule has 0 spiro atoms. The number of fused-ring (bicyclic) bond motifs is 1. The van der Waals surface area contributed by atoms with E-state index in [0.29, 0.717) is 11.7 Å². The quantitative estimate of drug-likeness (QED) is 0.661. The van der Waals surface area contributed by atoms with Gasteiger partial charge in [-0.3, -0.25) is 4.79 Å². The van der Waals surface area contributed by atoms with E-state index in [1.165, 1.54) is 16.7 Å². The van der Waals surface area contributed by atoms with Crippen LogP contribution in [0.25, 0.3) is 5.57 Å². The Hall–Kier alpha value is -1.37. The van der Waals surface area contributed by atoms with Crippen LogP contribution in [0.2, 0.25) is 0 Å². The summed E-state index contributed by atoms with van der Waals surface area (Å²) in [7, 11) is 0. The van der Waals surface area contributed by atoms with Crippen molar-refractivity contribution in [1.29, 1.82) is 0 Å². The molecule has 1 nitrogen and oxygen atoms in total. The Balaban J connectivity index is 1.93. The van der Waals surface area contributed by atoms with E-state index >= 15 is 0 Å². The number of carbonyl (C=O) groups excluding carboxylic acids is 1. The van der Waals surface area contributed by atoms with Crippen LogP contribution in [0.15, 0.2) is 29.8 Å². The van der Waals surface area contributed by atoms with Crippen LogP contribution in [-0.4, -0.2) is 5.78 Å². The van der Waals surface area contributed by atoms with Crippen LogP contribution in [0.1, 0.15) is 31.4 Å². The molecule has 0 N–H and O–H groups in total. The monoisotopic (exact) mass is 224 g/mol. The number of hydrogen-bond donors (Lipinski definition) is 0. The van der Waals surface area contributed by atoms with Gasteiger partial charge < -0.3 is 0 Å². The van der Waals surface area contributed by atoms with E-state index in [0.717, 1.165) is 18.4 Å². The van der Waals surface area contributed by atoms with Gasteiger partial charge in [0.2, 0.25) is 0 Å². The zero-order valence-corrected chi connectivity index (χ0v) is 10.3. The van der Waals surface area contributed by atoms with Crippen molar-refractivity contribution >= 4 is 11.4 Å². The maximum Gasteiger partial charge on any atom is 0.167 e. The first-order chi connectivity index (χ1) is 8.10. The molecule has 0 aliphatic heterocycles. The Morgan fingerprint density at radius 2 is 1.94 bits per heavy atom. The molecule has 1 fully saturated rings. The Labute approximate surface area is 102 Å². The third-order valence-corrected chi connectivity index (χ3v) is 5.24. The summed E-state index contributed by atoms with van der Waals surface area (Å²) in [6, 6.07) is 8.42. The highest BCUT2D eigenvalue weighted by atomic mass is 16.1. The maximum atomic E-state index is 12.6. The molecule has 4 aliphatic carbocycles. The van der Waals surface area contributed by atoms with Gasteiger partial charge in [0.1, 0.15) is 0 Å². The first kappa shape index (κ1) is 9.64. The predicted molar refractivity (Wildman–Crippen MR) is 67.5 cm³/mol. The second-order valence-electron chi connectivity index (χ2n) is 6.26. The molecule has 2 unspecified atom stereocenters. The van der Waals surface area contributed by atoms with Crippen LogP contribution >= 0.6 is 0 Å². The summed E-state index contributed by atoms with van der Waals surface area (Å²) in [5.41, 5.74) is 5.30. The first-order valence-electron chi connectivity index (χ1n) is 6.46. The van der Waals surface area contributed by atoms with Gasteiger partial charge in [0.05, 0.1) is 0 Å². The number of rotatable bonds is 0. The number of Topliss-reactive ketones (excluding diaryl/α,β-unsaturated/α-hetero) is 1. The predicted octanol–water partition coefficient (Wildman–Crippen LogP) is 3.24. The molecule has 0 heterocycles. The lowest BCUT2D eigenvalue weighted by Gasteiger charge is -2.55. The fourth-order valence-electron chi connectivity index (χ4n) is 4.11. The fraction of sp³-hybridized carbons (Fsp3) is 0.438. The highest BCUT2D eigenvalue weighted by Gasteiger charge is 2.58. The third-order valence-electron chi connectivity index (χ3n) is 5.24. The van der Waals surface area contributed by atoms with Crippen LogP contribution in [-0.2, 0) is 11.2 Å². The molecule has 4 aliphatic rings. The fourth-order valence-corrected chi connectivity index (χ4v) is 4.11. The highest BCUT2D eigenvalue weighted by Crippen LogP contribution is 2.63. The van der Waals surface area contributed by atoms with E-state index in [1.54, 1.807) is 0 Å². The van der Waals surface area contributed by atoms with E-state index in [1.807, 2.05) is 6.07 Å². The molecule has 17 heavy (non-hydrogen) atoms. The standard InChI is InChI=1S/C16H16O/c1-16(2)12-8-13(16)15(17)14-10-6-4-3-5-9(10)7-11(12)14/h3-6,12-13H,7-8H2,1-2H3. The number of benzene rings is 1. The van der Waals surface area contributed by atoms with E-state index in [9.17, 15) is 4.79 Å². The molecule has 1 aromatic carbocycles. The summed E-state index contributed by atoms with van der Waals surface area (Å²) in [5.74, 6) is 1.34. The van der Waals surface area contributed by atoms with Crippen LogP contribution in [0.5, 0.6) is 0 Å². The van der Waals surface area contributed by atoms with Gasteiger partial charge in [-0.2, -0.15) is 0 Å². The zero-order valence-electron chi connectivity index (χ0n) is 10.3. The molecule has 0 saturated heterocycles. The summed E-state index contributed by atoms with van der Waals surface area (Å²) >= 11 is 0. The number of hydrogen-bond acceptors (Lipinski definition) is 1. The van der Waals surface area contributed by atoms with Crippen LogP contribution in [0, 0.1) is 17.3 Å². The van der Waals surface area contributed by atoms with Crippen molar-refractivity contribution in [3.63, 3.8) is 0 Å². The highest BCUT2D eigenvalue weighted by molar-refractivity contribution is 6.26. The van der Waals surface area contributed by atoms with Gasteiger partial charge in [-0.15, -0.1) is 0 Å². The number of ketones is 1. The lowest BCUT2D eigenvalue weighted by molar-refractivity contribution is -0.132. The SMILES string of the molecule is CC1(C)C2CC1C1=C(C2=O)c2ccccc2C1.